The molecule has 0 saturated carbocycles. The molecule has 2 aromatic rings. The molecule has 25 heavy (non-hydrogen) atoms. The molecule has 0 saturated heterocycles. The third-order valence-corrected chi connectivity index (χ3v) is 3.79. The molecule has 0 fully saturated rings. The van der Waals surface area contributed by atoms with Crippen LogP contribution in [0.4, 0.5) is 10.1 Å². The van der Waals surface area contributed by atoms with Gasteiger partial charge in [0.2, 0.25) is 15.8 Å². The first-order valence-electron chi connectivity index (χ1n) is 7.24. The number of sulfonamides is 1. The normalized spacial score (nSPS) is 12.3. The van der Waals surface area contributed by atoms with Crippen molar-refractivity contribution >= 4 is 27.5 Å². The summed E-state index contributed by atoms with van der Waals surface area (Å²) in [6.07, 6.45) is -0.0653. The molecule has 8 heteroatoms. The summed E-state index contributed by atoms with van der Waals surface area (Å²) < 4.78 is 42.7. The largest absolute Gasteiger partial charge is 0.451 e. The number of hydrogen-bond donors (Lipinski definition) is 1. The topological polar surface area (TPSA) is 89.5 Å². The fourth-order valence-corrected chi connectivity index (χ4v) is 2.61. The van der Waals surface area contributed by atoms with Gasteiger partial charge in [0.1, 0.15) is 5.82 Å². The molecule has 0 bridgehead atoms. The van der Waals surface area contributed by atoms with Gasteiger partial charge in [0, 0.05) is 11.3 Å². The van der Waals surface area contributed by atoms with E-state index in [0.717, 1.165) is 12.3 Å². The number of hydrogen-bond acceptors (Lipinski definition) is 5. The number of carbonyl (C=O) groups is 2. The van der Waals surface area contributed by atoms with Gasteiger partial charge in [-0.2, -0.15) is 0 Å². The van der Waals surface area contributed by atoms with Gasteiger partial charge in [-0.15, -0.1) is 0 Å². The zero-order valence-corrected chi connectivity index (χ0v) is 14.3. The van der Waals surface area contributed by atoms with Crippen molar-refractivity contribution in [3.05, 3.63) is 65.5 Å². The first-order chi connectivity index (χ1) is 11.7. The maximum absolute atomic E-state index is 13.1. The van der Waals surface area contributed by atoms with E-state index in [1.54, 1.807) is 0 Å². The molecule has 0 spiro atoms. The molecule has 0 radical (unpaired) electrons. The van der Waals surface area contributed by atoms with E-state index in [9.17, 15) is 22.4 Å². The highest BCUT2D eigenvalue weighted by molar-refractivity contribution is 7.92. The molecule has 6 nitrogen and oxygen atoms in total. The van der Waals surface area contributed by atoms with Crippen molar-refractivity contribution < 1.29 is 27.1 Å². The Bertz CT molecular complexity index is 894. The van der Waals surface area contributed by atoms with Crippen molar-refractivity contribution in [3.63, 3.8) is 0 Å². The zero-order chi connectivity index (χ0) is 18.6. The number of ketones is 1. The van der Waals surface area contributed by atoms with Gasteiger partial charge in [0.15, 0.2) is 6.10 Å². The van der Waals surface area contributed by atoms with Gasteiger partial charge in [0.25, 0.3) is 0 Å². The Kier molecular flexibility index (Phi) is 5.53. The molecule has 0 aliphatic rings. The molecule has 0 amide bonds. The number of benzene rings is 2. The highest BCUT2D eigenvalue weighted by Crippen LogP contribution is 2.14. The Balaban J connectivity index is 2.05. The maximum Gasteiger partial charge on any atom is 0.338 e. The number of nitrogens with one attached hydrogen (secondary N) is 1. The van der Waals surface area contributed by atoms with Crippen LogP contribution >= 0.6 is 0 Å². The first kappa shape index (κ1) is 18.6. The summed E-state index contributed by atoms with van der Waals surface area (Å²) in [4.78, 5) is 24.2. The minimum Gasteiger partial charge on any atom is -0.451 e. The number of carbonyl (C=O) groups excluding carboxylic acids is 2. The van der Waals surface area contributed by atoms with Gasteiger partial charge >= 0.3 is 5.97 Å². The van der Waals surface area contributed by atoms with Crippen LogP contribution in [0.2, 0.25) is 0 Å². The highest BCUT2D eigenvalue weighted by atomic mass is 32.2. The monoisotopic (exact) mass is 365 g/mol. The number of Topliss-reactive ketones (excluding diaryl/α,β-unsaturated/α-hetero) is 1. The fourth-order valence-electron chi connectivity index (χ4n) is 2.05. The molecule has 1 N–H and O–H groups in total. The van der Waals surface area contributed by atoms with Gasteiger partial charge in [0.05, 0.1) is 11.8 Å². The van der Waals surface area contributed by atoms with Crippen molar-refractivity contribution in [2.24, 2.45) is 0 Å². The second-order valence-corrected chi connectivity index (χ2v) is 7.12. The lowest BCUT2D eigenvalue weighted by atomic mass is 10.1. The smallest absolute Gasteiger partial charge is 0.338 e. The van der Waals surface area contributed by atoms with E-state index in [1.807, 2.05) is 0 Å². The van der Waals surface area contributed by atoms with Crippen molar-refractivity contribution in [2.75, 3.05) is 11.0 Å². The van der Waals surface area contributed by atoms with Crippen LogP contribution in [0, 0.1) is 5.82 Å². The van der Waals surface area contributed by atoms with E-state index < -0.39 is 33.7 Å². The third-order valence-electron chi connectivity index (χ3n) is 3.19. The van der Waals surface area contributed by atoms with Crippen LogP contribution in [0.5, 0.6) is 0 Å². The summed E-state index contributed by atoms with van der Waals surface area (Å²) in [7, 11) is -3.41. The van der Waals surface area contributed by atoms with Crippen LogP contribution in [0.3, 0.4) is 0 Å². The Hall–Kier alpha value is -2.74. The molecule has 132 valence electrons. The molecular formula is C17H16FNO5S. The Morgan fingerprint density at radius 2 is 1.72 bits per heavy atom. The standard InChI is InChI=1S/C17H16FNO5S/c1-11(24-17(21)13-4-3-5-14(18)10-13)16(20)12-6-8-15(9-7-12)19-25(2,22)23/h3-11,19H,1-2H3. The van der Waals surface area contributed by atoms with Crippen molar-refractivity contribution in [2.45, 2.75) is 13.0 Å². The van der Waals surface area contributed by atoms with E-state index in [-0.39, 0.29) is 11.1 Å². The van der Waals surface area contributed by atoms with E-state index >= 15 is 0 Å². The molecule has 0 heterocycles. The number of halogens is 1. The van der Waals surface area contributed by atoms with Gasteiger partial charge in [-0.25, -0.2) is 17.6 Å². The van der Waals surface area contributed by atoms with Crippen LogP contribution in [-0.2, 0) is 14.8 Å². The first-order valence-corrected chi connectivity index (χ1v) is 9.13. The molecule has 0 aromatic heterocycles. The lowest BCUT2D eigenvalue weighted by Crippen LogP contribution is -2.24. The average molecular weight is 365 g/mol. The molecule has 2 aromatic carbocycles. The molecule has 0 aliphatic heterocycles. The lowest BCUT2D eigenvalue weighted by Gasteiger charge is -2.13. The van der Waals surface area contributed by atoms with Crippen LogP contribution in [-0.4, -0.2) is 32.5 Å². The minimum atomic E-state index is -3.41. The van der Waals surface area contributed by atoms with Crippen molar-refractivity contribution in [1.29, 1.82) is 0 Å². The second-order valence-electron chi connectivity index (χ2n) is 5.37. The number of rotatable bonds is 6. The van der Waals surface area contributed by atoms with Gasteiger partial charge in [-0.1, -0.05) is 6.07 Å². The second kappa shape index (κ2) is 7.43. The minimum absolute atomic E-state index is 0.00681. The van der Waals surface area contributed by atoms with Crippen LogP contribution in [0.1, 0.15) is 27.6 Å². The lowest BCUT2D eigenvalue weighted by molar-refractivity contribution is 0.0318. The Labute approximate surface area is 144 Å². The number of anilines is 1. The van der Waals surface area contributed by atoms with Gasteiger partial charge in [-0.05, 0) is 49.4 Å². The number of ether oxygens (including phenoxy) is 1. The van der Waals surface area contributed by atoms with Gasteiger partial charge in [-0.3, -0.25) is 9.52 Å². The van der Waals surface area contributed by atoms with E-state index in [4.69, 9.17) is 4.74 Å². The maximum atomic E-state index is 13.1. The summed E-state index contributed by atoms with van der Waals surface area (Å²) in [6, 6.07) is 10.7. The predicted molar refractivity (Wildman–Crippen MR) is 90.5 cm³/mol. The quantitative estimate of drug-likeness (QED) is 0.628. The van der Waals surface area contributed by atoms with Crippen LogP contribution in [0.15, 0.2) is 48.5 Å². The van der Waals surface area contributed by atoms with E-state index in [2.05, 4.69) is 4.72 Å². The van der Waals surface area contributed by atoms with Crippen LogP contribution in [0.25, 0.3) is 0 Å². The molecule has 0 aliphatic carbocycles. The highest BCUT2D eigenvalue weighted by Gasteiger charge is 2.20. The van der Waals surface area contributed by atoms with Crippen LogP contribution < -0.4 is 4.72 Å². The zero-order valence-electron chi connectivity index (χ0n) is 13.5. The summed E-state index contributed by atoms with van der Waals surface area (Å²) in [5, 5.41) is 0. The summed E-state index contributed by atoms with van der Waals surface area (Å²) >= 11 is 0. The molecule has 1 unspecified atom stereocenters. The molecule has 2 rings (SSSR count). The number of esters is 1. The summed E-state index contributed by atoms with van der Waals surface area (Å²) in [6.45, 7) is 1.40. The fraction of sp³-hybridized carbons (Fsp3) is 0.176. The summed E-state index contributed by atoms with van der Waals surface area (Å²) in [5.41, 5.74) is 0.564. The third kappa shape index (κ3) is 5.39. The molecule has 1 atom stereocenters. The van der Waals surface area contributed by atoms with Crippen molar-refractivity contribution in [1.82, 2.24) is 0 Å². The SMILES string of the molecule is CC(OC(=O)c1cccc(F)c1)C(=O)c1ccc(NS(C)(=O)=O)cc1. The Morgan fingerprint density at radius 1 is 1.08 bits per heavy atom. The average Bonchev–Trinajstić information content (AvgIpc) is 2.53. The predicted octanol–water partition coefficient (Wildman–Crippen LogP) is 2.63. The molecular weight excluding hydrogens is 349 g/mol. The van der Waals surface area contributed by atoms with Gasteiger partial charge < -0.3 is 4.74 Å². The van der Waals surface area contributed by atoms with E-state index in [0.29, 0.717) is 5.69 Å². The Morgan fingerprint density at radius 3 is 2.28 bits per heavy atom. The van der Waals surface area contributed by atoms with Crippen molar-refractivity contribution in [3.8, 4) is 0 Å². The van der Waals surface area contributed by atoms with E-state index in [1.165, 1.54) is 49.4 Å². The summed E-state index contributed by atoms with van der Waals surface area (Å²) in [5.74, 6) is -1.85.